The maximum atomic E-state index is 13.4. The number of hydrogen-bond acceptors (Lipinski definition) is 12. The highest BCUT2D eigenvalue weighted by molar-refractivity contribution is 7.90. The second kappa shape index (κ2) is 14.7. The summed E-state index contributed by atoms with van der Waals surface area (Å²) >= 11 is 0. The molecule has 1 saturated heterocycles. The lowest BCUT2D eigenvalue weighted by molar-refractivity contribution is -0.142. The highest BCUT2D eigenvalue weighted by Gasteiger charge is 2.31. The minimum Gasteiger partial charge on any atom is -0.504 e. The van der Waals surface area contributed by atoms with E-state index in [2.05, 4.69) is 4.90 Å². The van der Waals surface area contributed by atoms with E-state index in [1.807, 2.05) is 24.3 Å². The fourth-order valence-electron chi connectivity index (χ4n) is 5.40. The molecule has 2 aromatic carbocycles. The van der Waals surface area contributed by atoms with Crippen LogP contribution in [0.4, 0.5) is 0 Å². The van der Waals surface area contributed by atoms with E-state index in [1.165, 1.54) is 38.3 Å². The number of benzene rings is 2. The molecule has 0 spiro atoms. The average molecular weight is 677 g/mol. The molecular weight excluding hydrogens is 636 g/mol. The van der Waals surface area contributed by atoms with Crippen molar-refractivity contribution in [2.45, 2.75) is 25.4 Å². The Hall–Kier alpha value is -3.88. The summed E-state index contributed by atoms with van der Waals surface area (Å²) < 4.78 is 62.6. The number of nitrogens with zero attached hydrogens (tertiary/aromatic N) is 2. The van der Waals surface area contributed by atoms with Crippen molar-refractivity contribution in [1.29, 1.82) is 0 Å². The SMILES string of the molecule is COc1cc2c(cc1O)C=C(C(=O)OCCS(C)(=O)=O)C(C(=O)OCCS(C)(=O)=O)=CN(C)C2c1ccc(CN2CCCC2)cc1. The first kappa shape index (κ1) is 35.0. The van der Waals surface area contributed by atoms with E-state index in [9.17, 15) is 31.5 Å². The molecule has 0 aliphatic carbocycles. The molecule has 2 heterocycles. The van der Waals surface area contributed by atoms with Gasteiger partial charge in [0, 0.05) is 32.3 Å². The summed E-state index contributed by atoms with van der Waals surface area (Å²) in [6.45, 7) is 2.03. The lowest BCUT2D eigenvalue weighted by Crippen LogP contribution is -2.28. The molecule has 4 rings (SSSR count). The number of aromatic hydroxyl groups is 1. The van der Waals surface area contributed by atoms with Crippen LogP contribution in [0.15, 0.2) is 53.7 Å². The van der Waals surface area contributed by atoms with Gasteiger partial charge in [-0.05, 0) is 66.4 Å². The molecule has 2 aliphatic rings. The topological polar surface area (TPSA) is 157 Å². The van der Waals surface area contributed by atoms with Gasteiger partial charge in [0.15, 0.2) is 31.2 Å². The summed E-state index contributed by atoms with van der Waals surface area (Å²) in [5.74, 6) is -2.88. The summed E-state index contributed by atoms with van der Waals surface area (Å²) in [5.41, 5.74) is 2.47. The number of esters is 2. The minimum atomic E-state index is -3.46. The van der Waals surface area contributed by atoms with Crippen LogP contribution in [0.3, 0.4) is 0 Å². The predicted molar refractivity (Wildman–Crippen MR) is 173 cm³/mol. The number of hydrogen-bond donors (Lipinski definition) is 1. The third-order valence-corrected chi connectivity index (χ3v) is 9.54. The molecule has 250 valence electrons. The molecule has 2 aromatic rings. The first-order valence-corrected chi connectivity index (χ1v) is 18.8. The second-order valence-corrected chi connectivity index (χ2v) is 16.1. The van der Waals surface area contributed by atoms with Crippen molar-refractivity contribution >= 4 is 37.7 Å². The Morgan fingerprint density at radius 1 is 0.891 bits per heavy atom. The highest BCUT2D eigenvalue weighted by atomic mass is 32.2. The maximum Gasteiger partial charge on any atom is 0.340 e. The molecule has 1 unspecified atom stereocenters. The van der Waals surface area contributed by atoms with Crippen LogP contribution in [-0.4, -0.2) is 108 Å². The van der Waals surface area contributed by atoms with Crippen LogP contribution >= 0.6 is 0 Å². The normalized spacial score (nSPS) is 17.3. The second-order valence-electron chi connectivity index (χ2n) is 11.6. The fraction of sp³-hybridized carbons (Fsp3) is 0.438. The van der Waals surface area contributed by atoms with Gasteiger partial charge in [-0.1, -0.05) is 24.3 Å². The average Bonchev–Trinajstić information content (AvgIpc) is 3.47. The molecule has 0 bridgehead atoms. The summed E-state index contributed by atoms with van der Waals surface area (Å²) in [6, 6.07) is 10.6. The van der Waals surface area contributed by atoms with Crippen LogP contribution in [0.2, 0.25) is 0 Å². The Bertz CT molecular complexity index is 1730. The van der Waals surface area contributed by atoms with Gasteiger partial charge in [0.2, 0.25) is 0 Å². The van der Waals surface area contributed by atoms with E-state index in [1.54, 1.807) is 18.0 Å². The lowest BCUT2D eigenvalue weighted by atomic mass is 9.89. The summed E-state index contributed by atoms with van der Waals surface area (Å²) in [6.07, 6.45) is 7.15. The van der Waals surface area contributed by atoms with Gasteiger partial charge in [-0.25, -0.2) is 26.4 Å². The number of sulfone groups is 2. The van der Waals surface area contributed by atoms with Crippen LogP contribution in [-0.2, 0) is 45.3 Å². The molecule has 1 N–H and O–H groups in total. The quantitative estimate of drug-likeness (QED) is 0.328. The molecule has 0 saturated carbocycles. The van der Waals surface area contributed by atoms with Crippen LogP contribution in [0.1, 0.15) is 41.1 Å². The fourth-order valence-corrected chi connectivity index (χ4v) is 6.18. The molecule has 1 atom stereocenters. The molecule has 0 radical (unpaired) electrons. The first-order valence-electron chi connectivity index (χ1n) is 14.7. The Morgan fingerprint density at radius 3 is 2.00 bits per heavy atom. The number of carbonyl (C=O) groups is 2. The zero-order valence-corrected chi connectivity index (χ0v) is 28.0. The third-order valence-electron chi connectivity index (χ3n) is 7.72. The van der Waals surface area contributed by atoms with Crippen molar-refractivity contribution < 1.29 is 45.7 Å². The van der Waals surface area contributed by atoms with Crippen LogP contribution in [0, 0.1) is 0 Å². The zero-order valence-electron chi connectivity index (χ0n) is 26.4. The number of fused-ring (bicyclic) bond motifs is 1. The summed E-state index contributed by atoms with van der Waals surface area (Å²) in [4.78, 5) is 31.0. The van der Waals surface area contributed by atoms with Crippen molar-refractivity contribution in [3.63, 3.8) is 0 Å². The Labute approximate surface area is 270 Å². The monoisotopic (exact) mass is 676 g/mol. The zero-order chi connectivity index (χ0) is 33.6. The number of likely N-dealkylation sites (tertiary alicyclic amines) is 1. The van der Waals surface area contributed by atoms with E-state index < -0.39 is 62.4 Å². The largest absolute Gasteiger partial charge is 0.504 e. The number of carbonyl (C=O) groups excluding carboxylic acids is 2. The van der Waals surface area contributed by atoms with Crippen LogP contribution < -0.4 is 4.74 Å². The number of phenolic OH excluding ortho intramolecular Hbond substituents is 1. The van der Waals surface area contributed by atoms with Crippen molar-refractivity contribution in [3.8, 4) is 11.5 Å². The first-order chi connectivity index (χ1) is 21.6. The van der Waals surface area contributed by atoms with E-state index in [0.29, 0.717) is 11.1 Å². The van der Waals surface area contributed by atoms with Gasteiger partial charge in [0.05, 0.1) is 35.8 Å². The number of rotatable bonds is 12. The molecular formula is C32H40N2O10S2. The third kappa shape index (κ3) is 9.33. The molecule has 46 heavy (non-hydrogen) atoms. The molecule has 0 amide bonds. The van der Waals surface area contributed by atoms with Crippen molar-refractivity contribution in [2.75, 3.05) is 64.5 Å². The molecule has 0 aromatic heterocycles. The molecule has 1 fully saturated rings. The van der Waals surface area contributed by atoms with Gasteiger partial charge in [-0.3, -0.25) is 4.90 Å². The van der Waals surface area contributed by atoms with Crippen molar-refractivity contribution in [1.82, 2.24) is 9.80 Å². The maximum absolute atomic E-state index is 13.4. The molecule has 2 aliphatic heterocycles. The van der Waals surface area contributed by atoms with Gasteiger partial charge >= 0.3 is 11.9 Å². The van der Waals surface area contributed by atoms with Crippen molar-refractivity contribution in [3.05, 3.63) is 76.0 Å². The smallest absolute Gasteiger partial charge is 0.340 e. The van der Waals surface area contributed by atoms with Gasteiger partial charge in [-0.15, -0.1) is 0 Å². The summed E-state index contributed by atoms with van der Waals surface area (Å²) in [7, 11) is -3.79. The van der Waals surface area contributed by atoms with Gasteiger partial charge in [0.1, 0.15) is 13.2 Å². The highest BCUT2D eigenvalue weighted by Crippen LogP contribution is 2.40. The number of methoxy groups -OCH3 is 1. The van der Waals surface area contributed by atoms with E-state index in [4.69, 9.17) is 14.2 Å². The van der Waals surface area contributed by atoms with Gasteiger partial charge in [-0.2, -0.15) is 0 Å². The standard InChI is InChI=1S/C32H40N2O10S2/c1-33-21-27(32(37)44-14-16-46(4,40)41)26(31(36)43-13-15-45(3,38)39)17-24-18-28(35)29(42-2)19-25(24)30(33)23-9-7-22(8-10-23)20-34-11-5-6-12-34/h7-10,17-19,21,30,35H,5-6,11-16,20H2,1-4H3. The molecule has 14 heteroatoms. The Morgan fingerprint density at radius 2 is 1.46 bits per heavy atom. The van der Waals surface area contributed by atoms with E-state index in [-0.39, 0.29) is 22.6 Å². The van der Waals surface area contributed by atoms with E-state index in [0.717, 1.165) is 43.3 Å². The molecule has 12 nitrogen and oxygen atoms in total. The van der Waals surface area contributed by atoms with Gasteiger partial charge in [0.25, 0.3) is 0 Å². The lowest BCUT2D eigenvalue weighted by Gasteiger charge is -2.32. The van der Waals surface area contributed by atoms with Gasteiger partial charge < -0.3 is 24.2 Å². The van der Waals surface area contributed by atoms with E-state index >= 15 is 0 Å². The number of ether oxygens (including phenoxy) is 3. The Balaban J connectivity index is 1.81. The van der Waals surface area contributed by atoms with Crippen LogP contribution in [0.5, 0.6) is 11.5 Å². The van der Waals surface area contributed by atoms with Crippen LogP contribution in [0.25, 0.3) is 6.08 Å². The van der Waals surface area contributed by atoms with Crippen molar-refractivity contribution in [2.24, 2.45) is 0 Å². The predicted octanol–water partition coefficient (Wildman–Crippen LogP) is 2.47. The minimum absolute atomic E-state index is 0.193. The summed E-state index contributed by atoms with van der Waals surface area (Å²) in [5, 5.41) is 10.7. The number of phenols is 1. The Kier molecular flexibility index (Phi) is 11.2.